The topological polar surface area (TPSA) is 79.2 Å². The Morgan fingerprint density at radius 2 is 1.82 bits per heavy atom. The van der Waals surface area contributed by atoms with Gasteiger partial charge in [0, 0.05) is 6.54 Å². The van der Waals surface area contributed by atoms with Gasteiger partial charge in [0.15, 0.2) is 5.17 Å². The minimum absolute atomic E-state index is 0.104. The number of benzene rings is 3. The summed E-state index contributed by atoms with van der Waals surface area (Å²) >= 11 is 1.30. The summed E-state index contributed by atoms with van der Waals surface area (Å²) in [4.78, 5) is 30.7. The number of carboxylic acid groups (broad SMARTS) is 1. The highest BCUT2D eigenvalue weighted by molar-refractivity contribution is 8.18. The number of amides is 1. The van der Waals surface area contributed by atoms with Gasteiger partial charge in [-0.05, 0) is 79.2 Å². The number of likely N-dealkylation sites (N-methyl/N-ethyl adjacent to an activating group) is 1. The molecule has 0 radical (unpaired) electrons. The zero-order valence-corrected chi connectivity index (χ0v) is 19.7. The van der Waals surface area contributed by atoms with E-state index >= 15 is 0 Å². The molecule has 1 aliphatic rings. The van der Waals surface area contributed by atoms with E-state index in [4.69, 9.17) is 9.84 Å². The van der Waals surface area contributed by atoms with Crippen molar-refractivity contribution < 1.29 is 19.4 Å². The molecule has 7 heteroatoms. The fourth-order valence-electron chi connectivity index (χ4n) is 3.44. The van der Waals surface area contributed by atoms with E-state index in [1.165, 1.54) is 29.5 Å². The number of carbonyl (C=O) groups excluding carboxylic acids is 1. The van der Waals surface area contributed by atoms with Crippen molar-refractivity contribution in [1.82, 2.24) is 4.90 Å². The summed E-state index contributed by atoms with van der Waals surface area (Å²) in [6, 6.07) is 22.1. The molecule has 1 heterocycles. The van der Waals surface area contributed by atoms with Crippen molar-refractivity contribution in [2.75, 3.05) is 6.54 Å². The number of carboxylic acids is 1. The molecule has 6 nitrogen and oxygen atoms in total. The Morgan fingerprint density at radius 3 is 2.47 bits per heavy atom. The van der Waals surface area contributed by atoms with Crippen LogP contribution in [-0.4, -0.2) is 33.6 Å². The molecule has 0 bridgehead atoms. The first-order valence-electron chi connectivity index (χ1n) is 10.8. The zero-order valence-electron chi connectivity index (χ0n) is 18.9. The number of aryl methyl sites for hydroxylation is 1. The van der Waals surface area contributed by atoms with Gasteiger partial charge in [0.1, 0.15) is 12.4 Å². The quantitative estimate of drug-likeness (QED) is 0.433. The number of thioether (sulfide) groups is 1. The lowest BCUT2D eigenvalue weighted by Gasteiger charge is -2.12. The van der Waals surface area contributed by atoms with Gasteiger partial charge in [-0.2, -0.15) is 0 Å². The molecular formula is C27H24N2O4S. The summed E-state index contributed by atoms with van der Waals surface area (Å²) in [6.45, 7) is 4.93. The van der Waals surface area contributed by atoms with E-state index in [0.717, 1.165) is 16.9 Å². The molecule has 0 aromatic heterocycles. The van der Waals surface area contributed by atoms with Crippen molar-refractivity contribution in [3.05, 3.63) is 100.0 Å². The molecule has 0 spiro atoms. The van der Waals surface area contributed by atoms with E-state index < -0.39 is 5.97 Å². The number of carbonyl (C=O) groups is 2. The molecule has 1 aliphatic heterocycles. The lowest BCUT2D eigenvalue weighted by Crippen LogP contribution is -2.28. The maximum Gasteiger partial charge on any atom is 0.335 e. The first-order chi connectivity index (χ1) is 16.4. The average molecular weight is 473 g/mol. The van der Waals surface area contributed by atoms with Gasteiger partial charge in [0.2, 0.25) is 0 Å². The Bertz CT molecular complexity index is 1260. The molecule has 172 valence electrons. The van der Waals surface area contributed by atoms with Gasteiger partial charge in [-0.25, -0.2) is 9.79 Å². The fraction of sp³-hybridized carbons (Fsp3) is 0.148. The summed E-state index contributed by atoms with van der Waals surface area (Å²) in [5.74, 6) is -0.332. The van der Waals surface area contributed by atoms with Crippen LogP contribution >= 0.6 is 11.8 Å². The highest BCUT2D eigenvalue weighted by atomic mass is 32.2. The van der Waals surface area contributed by atoms with Crippen LogP contribution in [0.4, 0.5) is 5.69 Å². The predicted octanol–water partition coefficient (Wildman–Crippen LogP) is 5.90. The maximum absolute atomic E-state index is 12.9. The normalized spacial score (nSPS) is 15.8. The van der Waals surface area contributed by atoms with E-state index in [2.05, 4.69) is 24.0 Å². The van der Waals surface area contributed by atoms with Gasteiger partial charge in [-0.1, -0.05) is 42.0 Å². The van der Waals surface area contributed by atoms with Gasteiger partial charge < -0.3 is 9.84 Å². The minimum atomic E-state index is -0.989. The molecule has 0 atom stereocenters. The van der Waals surface area contributed by atoms with Crippen LogP contribution in [0.1, 0.15) is 34.0 Å². The largest absolute Gasteiger partial charge is 0.489 e. The van der Waals surface area contributed by atoms with Crippen LogP contribution < -0.4 is 4.74 Å². The van der Waals surface area contributed by atoms with Crippen LogP contribution in [0.15, 0.2) is 82.7 Å². The number of ether oxygens (including phenoxy) is 1. The number of amidine groups is 1. The van der Waals surface area contributed by atoms with Crippen LogP contribution in [0.2, 0.25) is 0 Å². The Kier molecular flexibility index (Phi) is 7.13. The van der Waals surface area contributed by atoms with Gasteiger partial charge in [-0.15, -0.1) is 0 Å². The van der Waals surface area contributed by atoms with Crippen molar-refractivity contribution in [3.63, 3.8) is 0 Å². The Balaban J connectivity index is 1.46. The Labute approximate surface area is 202 Å². The van der Waals surface area contributed by atoms with Crippen LogP contribution in [-0.2, 0) is 11.4 Å². The standard InChI is InChI=1S/C27H24N2O4S/c1-3-29-25(30)24(34-27(29)28-22-11-9-21(10-12-22)26(31)32)16-19-7-13-23(14-8-19)33-17-20-6-4-5-18(2)15-20/h4-16H,3,17H2,1-2H3,(H,31,32)/b24-16+,28-27?. The third-order valence-electron chi connectivity index (χ3n) is 5.21. The van der Waals surface area contributed by atoms with E-state index in [1.54, 1.807) is 17.0 Å². The first-order valence-corrected chi connectivity index (χ1v) is 11.7. The predicted molar refractivity (Wildman–Crippen MR) is 135 cm³/mol. The average Bonchev–Trinajstić information content (AvgIpc) is 3.12. The molecular weight excluding hydrogens is 448 g/mol. The highest BCUT2D eigenvalue weighted by Gasteiger charge is 2.32. The summed E-state index contributed by atoms with van der Waals surface area (Å²) < 4.78 is 5.88. The number of hydrogen-bond donors (Lipinski definition) is 1. The zero-order chi connectivity index (χ0) is 24.1. The van der Waals surface area contributed by atoms with Crippen molar-refractivity contribution in [1.29, 1.82) is 0 Å². The fourth-order valence-corrected chi connectivity index (χ4v) is 4.50. The third-order valence-corrected chi connectivity index (χ3v) is 6.22. The third kappa shape index (κ3) is 5.55. The van der Waals surface area contributed by atoms with E-state index in [-0.39, 0.29) is 11.5 Å². The summed E-state index contributed by atoms with van der Waals surface area (Å²) in [7, 11) is 0. The number of aliphatic imine (C=N–C) groups is 1. The molecule has 0 unspecified atom stereocenters. The van der Waals surface area contributed by atoms with Gasteiger partial charge in [0.05, 0.1) is 16.2 Å². The van der Waals surface area contributed by atoms with Gasteiger partial charge >= 0.3 is 5.97 Å². The van der Waals surface area contributed by atoms with Crippen LogP contribution in [0.5, 0.6) is 5.75 Å². The van der Waals surface area contributed by atoms with Gasteiger partial charge in [0.25, 0.3) is 5.91 Å². The molecule has 1 amide bonds. The first kappa shape index (κ1) is 23.3. The summed E-state index contributed by atoms with van der Waals surface area (Å²) in [5, 5.41) is 9.62. The molecule has 4 rings (SSSR count). The van der Waals surface area contributed by atoms with Crippen LogP contribution in [0.25, 0.3) is 6.08 Å². The Morgan fingerprint density at radius 1 is 1.09 bits per heavy atom. The molecule has 1 saturated heterocycles. The molecule has 1 N–H and O–H groups in total. The van der Waals surface area contributed by atoms with Gasteiger partial charge in [-0.3, -0.25) is 9.69 Å². The molecule has 3 aromatic rings. The van der Waals surface area contributed by atoms with Crippen molar-refractivity contribution in [2.45, 2.75) is 20.5 Å². The molecule has 0 saturated carbocycles. The molecule has 1 fully saturated rings. The smallest absolute Gasteiger partial charge is 0.335 e. The number of hydrogen-bond acceptors (Lipinski definition) is 5. The van der Waals surface area contributed by atoms with E-state index in [0.29, 0.717) is 28.9 Å². The monoisotopic (exact) mass is 472 g/mol. The number of aromatic carboxylic acids is 1. The SMILES string of the molecule is CCN1C(=O)/C(=C\c2ccc(OCc3cccc(C)c3)cc2)SC1=Nc1ccc(C(=O)O)cc1. The lowest BCUT2D eigenvalue weighted by molar-refractivity contribution is -0.122. The maximum atomic E-state index is 12.9. The number of nitrogens with zero attached hydrogens (tertiary/aromatic N) is 2. The molecule has 34 heavy (non-hydrogen) atoms. The number of rotatable bonds is 7. The van der Waals surface area contributed by atoms with Crippen molar-refractivity contribution >= 4 is 40.6 Å². The van der Waals surface area contributed by atoms with Crippen LogP contribution in [0.3, 0.4) is 0 Å². The van der Waals surface area contributed by atoms with E-state index in [9.17, 15) is 9.59 Å². The summed E-state index contributed by atoms with van der Waals surface area (Å²) in [6.07, 6.45) is 1.84. The second-order valence-corrected chi connectivity index (χ2v) is 8.76. The highest BCUT2D eigenvalue weighted by Crippen LogP contribution is 2.34. The minimum Gasteiger partial charge on any atom is -0.489 e. The van der Waals surface area contributed by atoms with E-state index in [1.807, 2.05) is 49.4 Å². The van der Waals surface area contributed by atoms with Crippen molar-refractivity contribution in [3.8, 4) is 5.75 Å². The molecule has 0 aliphatic carbocycles. The summed E-state index contributed by atoms with van der Waals surface area (Å²) in [5.41, 5.74) is 3.99. The second kappa shape index (κ2) is 10.4. The lowest BCUT2D eigenvalue weighted by atomic mass is 10.1. The Hall–Kier alpha value is -3.84. The second-order valence-electron chi connectivity index (χ2n) is 7.75. The van der Waals surface area contributed by atoms with Crippen LogP contribution in [0, 0.1) is 6.92 Å². The van der Waals surface area contributed by atoms with Crippen molar-refractivity contribution in [2.24, 2.45) is 4.99 Å². The molecule has 3 aromatic carbocycles.